The molecule has 0 N–H and O–H groups in total. The van der Waals surface area contributed by atoms with Gasteiger partial charge in [0.25, 0.3) is 0 Å². The lowest BCUT2D eigenvalue weighted by Gasteiger charge is -2.39. The van der Waals surface area contributed by atoms with Crippen molar-refractivity contribution in [3.63, 3.8) is 0 Å². The molecule has 2 aliphatic rings. The molecule has 1 saturated carbocycles. The lowest BCUT2D eigenvalue weighted by molar-refractivity contribution is -0.0866. The van der Waals surface area contributed by atoms with Crippen LogP contribution in [0.3, 0.4) is 0 Å². The van der Waals surface area contributed by atoms with Crippen LogP contribution in [0.4, 0.5) is 0 Å². The van der Waals surface area contributed by atoms with Crippen molar-refractivity contribution in [2.24, 2.45) is 5.92 Å². The Bertz CT molecular complexity index is 473. The highest BCUT2D eigenvalue weighted by molar-refractivity contribution is 7.11. The van der Waals surface area contributed by atoms with Crippen LogP contribution in [-0.2, 0) is 16.0 Å². The number of thiophene rings is 1. The van der Waals surface area contributed by atoms with Crippen LogP contribution in [0, 0.1) is 12.8 Å². The van der Waals surface area contributed by atoms with E-state index >= 15 is 0 Å². The molecular weight excluding hydrogens is 282 g/mol. The molecule has 0 unspecified atom stereocenters. The fraction of sp³-hybridized carbons (Fsp3) is 0.647. The predicted molar refractivity (Wildman–Crippen MR) is 86.7 cm³/mol. The summed E-state index contributed by atoms with van der Waals surface area (Å²) in [4.78, 5) is 5.49. The van der Waals surface area contributed by atoms with Crippen molar-refractivity contribution in [1.82, 2.24) is 4.90 Å². The lowest BCUT2D eigenvalue weighted by Crippen LogP contribution is -2.50. The molecule has 4 heteroatoms. The molecule has 0 aromatic carbocycles. The van der Waals surface area contributed by atoms with Gasteiger partial charge in [-0.25, -0.2) is 0 Å². The quantitative estimate of drug-likeness (QED) is 0.595. The van der Waals surface area contributed by atoms with E-state index in [4.69, 9.17) is 9.47 Å². The number of morpholine rings is 1. The molecule has 3 nitrogen and oxygen atoms in total. The van der Waals surface area contributed by atoms with Gasteiger partial charge in [0, 0.05) is 34.8 Å². The van der Waals surface area contributed by atoms with E-state index in [2.05, 4.69) is 30.5 Å². The van der Waals surface area contributed by atoms with E-state index in [1.54, 1.807) is 0 Å². The Hall–Kier alpha value is -0.680. The van der Waals surface area contributed by atoms with Crippen LogP contribution in [0.2, 0.25) is 0 Å². The fourth-order valence-corrected chi connectivity index (χ4v) is 4.50. The molecule has 1 aromatic rings. The molecular formula is C17H25NO2S. The zero-order chi connectivity index (χ0) is 14.7. The van der Waals surface area contributed by atoms with Crippen LogP contribution in [-0.4, -0.2) is 43.4 Å². The van der Waals surface area contributed by atoms with Gasteiger partial charge in [0.05, 0.1) is 25.9 Å². The summed E-state index contributed by atoms with van der Waals surface area (Å²) in [5.41, 5.74) is 0. The van der Waals surface area contributed by atoms with Gasteiger partial charge in [0.2, 0.25) is 0 Å². The zero-order valence-corrected chi connectivity index (χ0v) is 13.6. The Morgan fingerprint density at radius 1 is 1.48 bits per heavy atom. The normalized spacial score (nSPS) is 29.5. The molecule has 0 bridgehead atoms. The largest absolute Gasteiger partial charge is 0.377 e. The van der Waals surface area contributed by atoms with E-state index in [0.29, 0.717) is 24.7 Å². The van der Waals surface area contributed by atoms with Crippen molar-refractivity contribution in [1.29, 1.82) is 0 Å². The summed E-state index contributed by atoms with van der Waals surface area (Å²) in [6, 6.07) is 5.06. The summed E-state index contributed by atoms with van der Waals surface area (Å²) in [5, 5.41) is 0. The van der Waals surface area contributed by atoms with Gasteiger partial charge in [-0.15, -0.1) is 17.9 Å². The highest BCUT2D eigenvalue weighted by Gasteiger charge is 2.42. The summed E-state index contributed by atoms with van der Waals surface area (Å²) >= 11 is 1.91. The Morgan fingerprint density at radius 2 is 2.38 bits per heavy atom. The fourth-order valence-electron chi connectivity index (χ4n) is 3.58. The summed E-state index contributed by atoms with van der Waals surface area (Å²) in [6.07, 6.45) is 4.62. The van der Waals surface area contributed by atoms with Crippen LogP contribution in [0.1, 0.15) is 22.6 Å². The highest BCUT2D eigenvalue weighted by atomic mass is 32.1. The predicted octanol–water partition coefficient (Wildman–Crippen LogP) is 3.24. The summed E-state index contributed by atoms with van der Waals surface area (Å²) in [7, 11) is 0. The van der Waals surface area contributed by atoms with Crippen molar-refractivity contribution in [3.05, 3.63) is 34.5 Å². The number of ether oxygens (including phenoxy) is 2. The van der Waals surface area contributed by atoms with Gasteiger partial charge >= 0.3 is 0 Å². The molecule has 3 atom stereocenters. The van der Waals surface area contributed by atoms with Gasteiger partial charge in [0.15, 0.2) is 0 Å². The molecule has 1 aromatic heterocycles. The molecule has 1 aliphatic heterocycles. The smallest absolute Gasteiger partial charge is 0.0781 e. The molecule has 0 radical (unpaired) electrons. The number of nitrogens with zero attached hydrogens (tertiary/aromatic N) is 1. The topological polar surface area (TPSA) is 21.7 Å². The van der Waals surface area contributed by atoms with Crippen LogP contribution in [0.15, 0.2) is 24.8 Å². The Morgan fingerprint density at radius 3 is 3.14 bits per heavy atom. The lowest BCUT2D eigenvalue weighted by atomic mass is 10.0. The van der Waals surface area contributed by atoms with E-state index in [9.17, 15) is 0 Å². The van der Waals surface area contributed by atoms with Crippen LogP contribution in [0.25, 0.3) is 0 Å². The van der Waals surface area contributed by atoms with Gasteiger partial charge in [-0.2, -0.15) is 0 Å². The maximum absolute atomic E-state index is 6.07. The van der Waals surface area contributed by atoms with E-state index in [0.717, 1.165) is 26.3 Å². The highest BCUT2D eigenvalue weighted by Crippen LogP contribution is 2.36. The maximum Gasteiger partial charge on any atom is 0.0781 e. The van der Waals surface area contributed by atoms with Crippen molar-refractivity contribution >= 4 is 11.3 Å². The Balaban J connectivity index is 1.59. The molecule has 0 spiro atoms. The summed E-state index contributed by atoms with van der Waals surface area (Å²) in [6.45, 7) is 10.3. The molecule has 2 heterocycles. The molecule has 116 valence electrons. The van der Waals surface area contributed by atoms with E-state index in [1.807, 2.05) is 17.4 Å². The number of fused-ring (bicyclic) bond motifs is 1. The zero-order valence-electron chi connectivity index (χ0n) is 12.8. The van der Waals surface area contributed by atoms with Crippen molar-refractivity contribution in [3.8, 4) is 0 Å². The average molecular weight is 307 g/mol. The first-order valence-electron chi connectivity index (χ1n) is 7.87. The third-order valence-corrected chi connectivity index (χ3v) is 5.54. The Labute approximate surface area is 131 Å². The molecule has 1 aliphatic carbocycles. The number of rotatable bonds is 6. The van der Waals surface area contributed by atoms with E-state index in [-0.39, 0.29) is 0 Å². The van der Waals surface area contributed by atoms with E-state index < -0.39 is 0 Å². The van der Waals surface area contributed by atoms with Crippen molar-refractivity contribution < 1.29 is 9.47 Å². The minimum atomic E-state index is 0.352. The molecule has 1 saturated heterocycles. The van der Waals surface area contributed by atoms with Crippen LogP contribution >= 0.6 is 11.3 Å². The summed E-state index contributed by atoms with van der Waals surface area (Å²) in [5.74, 6) is 0.544. The van der Waals surface area contributed by atoms with Gasteiger partial charge in [-0.1, -0.05) is 6.08 Å². The average Bonchev–Trinajstić information content (AvgIpc) is 3.07. The minimum absolute atomic E-state index is 0.352. The number of aryl methyl sites for hydroxylation is 1. The Kier molecular flexibility index (Phi) is 5.11. The van der Waals surface area contributed by atoms with Crippen LogP contribution < -0.4 is 0 Å². The van der Waals surface area contributed by atoms with E-state index in [1.165, 1.54) is 22.6 Å². The summed E-state index contributed by atoms with van der Waals surface area (Å²) < 4.78 is 11.7. The third kappa shape index (κ3) is 3.57. The van der Waals surface area contributed by atoms with Gasteiger partial charge in [0.1, 0.15) is 0 Å². The monoisotopic (exact) mass is 307 g/mol. The van der Waals surface area contributed by atoms with Crippen molar-refractivity contribution in [2.45, 2.75) is 38.5 Å². The first-order chi connectivity index (χ1) is 10.3. The number of hydrogen-bond donors (Lipinski definition) is 0. The second kappa shape index (κ2) is 7.05. The first-order valence-corrected chi connectivity index (χ1v) is 8.69. The second-order valence-corrected chi connectivity index (χ2v) is 7.42. The third-order valence-electron chi connectivity index (χ3n) is 4.56. The number of hydrogen-bond acceptors (Lipinski definition) is 4. The maximum atomic E-state index is 6.07. The SMILES string of the molecule is C=CCOC[C@@H]1CC[C@@H]2[C@H]1OCCN2Cc1ccc(C)s1. The molecule has 0 amide bonds. The van der Waals surface area contributed by atoms with Gasteiger partial charge < -0.3 is 9.47 Å². The molecule has 21 heavy (non-hydrogen) atoms. The minimum Gasteiger partial charge on any atom is -0.377 e. The van der Waals surface area contributed by atoms with Crippen molar-refractivity contribution in [2.75, 3.05) is 26.4 Å². The van der Waals surface area contributed by atoms with Gasteiger partial charge in [-0.05, 0) is 31.9 Å². The molecule has 2 fully saturated rings. The second-order valence-electron chi connectivity index (χ2n) is 6.05. The molecule has 3 rings (SSSR count). The standard InChI is InChI=1S/C17H25NO2S/c1-3-9-19-12-14-5-7-16-17(14)20-10-8-18(16)11-15-6-4-13(2)21-15/h3-4,6,14,16-17H,1,5,7-12H2,2H3/t14-,16+,17-/m0/s1. The van der Waals surface area contributed by atoms with Gasteiger partial charge in [-0.3, -0.25) is 4.90 Å². The first kappa shape index (κ1) is 15.2. The van der Waals surface area contributed by atoms with Crippen LogP contribution in [0.5, 0.6) is 0 Å².